The van der Waals surface area contributed by atoms with E-state index in [1.165, 1.54) is 0 Å². The van der Waals surface area contributed by atoms with Crippen molar-refractivity contribution in [2.45, 2.75) is 32.9 Å². The predicted molar refractivity (Wildman–Crippen MR) is 83.8 cm³/mol. The van der Waals surface area contributed by atoms with E-state index >= 15 is 0 Å². The molecular weight excluding hydrogens is 288 g/mol. The number of hydrogen-bond donors (Lipinski definition) is 1. The summed E-state index contributed by atoms with van der Waals surface area (Å²) in [6.45, 7) is 6.40. The van der Waals surface area contributed by atoms with Gasteiger partial charge in [0.15, 0.2) is 0 Å². The Labute approximate surface area is 130 Å². The number of likely N-dealkylation sites (N-methyl/N-ethyl adjacent to an activating group) is 1. The maximum atomic E-state index is 5.96. The van der Waals surface area contributed by atoms with Gasteiger partial charge >= 0.3 is 0 Å². The van der Waals surface area contributed by atoms with Gasteiger partial charge in [-0.1, -0.05) is 24.6 Å². The average molecular weight is 309 g/mol. The first-order valence-electron chi connectivity index (χ1n) is 7.21. The SMILES string of the molecule is CCNC(COc1cccc(Cl)c1)Cc1ncnn1CC. The third-order valence-electron chi connectivity index (χ3n) is 3.16. The van der Waals surface area contributed by atoms with Crippen LogP contribution < -0.4 is 10.1 Å². The predicted octanol–water partition coefficient (Wildman–Crippen LogP) is 2.55. The molecule has 0 fully saturated rings. The molecule has 6 heteroatoms. The summed E-state index contributed by atoms with van der Waals surface area (Å²) >= 11 is 5.96. The van der Waals surface area contributed by atoms with Gasteiger partial charge in [0.1, 0.15) is 24.5 Å². The van der Waals surface area contributed by atoms with Crippen LogP contribution in [0.15, 0.2) is 30.6 Å². The summed E-state index contributed by atoms with van der Waals surface area (Å²) in [5.41, 5.74) is 0. The van der Waals surface area contributed by atoms with E-state index in [4.69, 9.17) is 16.3 Å². The maximum absolute atomic E-state index is 5.96. The van der Waals surface area contributed by atoms with Gasteiger partial charge in [0.2, 0.25) is 0 Å². The number of hydrogen-bond acceptors (Lipinski definition) is 4. The third-order valence-corrected chi connectivity index (χ3v) is 3.40. The summed E-state index contributed by atoms with van der Waals surface area (Å²) in [5.74, 6) is 1.75. The van der Waals surface area contributed by atoms with Gasteiger partial charge in [0.05, 0.1) is 0 Å². The quantitative estimate of drug-likeness (QED) is 0.814. The Morgan fingerprint density at radius 2 is 2.24 bits per heavy atom. The lowest BCUT2D eigenvalue weighted by Gasteiger charge is -2.18. The van der Waals surface area contributed by atoms with E-state index < -0.39 is 0 Å². The zero-order valence-corrected chi connectivity index (χ0v) is 13.2. The van der Waals surface area contributed by atoms with Crippen molar-refractivity contribution in [2.24, 2.45) is 0 Å². The molecular formula is C15H21ClN4O. The van der Waals surface area contributed by atoms with Crippen molar-refractivity contribution in [3.05, 3.63) is 41.4 Å². The molecule has 1 aromatic carbocycles. The van der Waals surface area contributed by atoms with Crippen LogP contribution in [0.5, 0.6) is 5.75 Å². The number of nitrogens with zero attached hydrogens (tertiary/aromatic N) is 3. The highest BCUT2D eigenvalue weighted by molar-refractivity contribution is 6.30. The number of benzene rings is 1. The summed E-state index contributed by atoms with van der Waals surface area (Å²) in [6, 6.07) is 7.62. The maximum Gasteiger partial charge on any atom is 0.138 e. The lowest BCUT2D eigenvalue weighted by molar-refractivity contribution is 0.262. The molecule has 2 rings (SSSR count). The van der Waals surface area contributed by atoms with Crippen LogP contribution in [0, 0.1) is 0 Å². The average Bonchev–Trinajstić information content (AvgIpc) is 2.92. The second kappa shape index (κ2) is 8.00. The van der Waals surface area contributed by atoms with Crippen LogP contribution in [-0.4, -0.2) is 34.0 Å². The van der Waals surface area contributed by atoms with E-state index in [0.29, 0.717) is 11.6 Å². The third kappa shape index (κ3) is 4.72. The van der Waals surface area contributed by atoms with Crippen molar-refractivity contribution in [3.63, 3.8) is 0 Å². The molecule has 1 N–H and O–H groups in total. The number of aromatic nitrogens is 3. The highest BCUT2D eigenvalue weighted by atomic mass is 35.5. The largest absolute Gasteiger partial charge is 0.492 e. The summed E-state index contributed by atoms with van der Waals surface area (Å²) in [4.78, 5) is 4.31. The topological polar surface area (TPSA) is 52.0 Å². The minimum absolute atomic E-state index is 0.184. The second-order valence-electron chi connectivity index (χ2n) is 4.72. The zero-order valence-electron chi connectivity index (χ0n) is 12.4. The summed E-state index contributed by atoms with van der Waals surface area (Å²) in [7, 11) is 0. The minimum Gasteiger partial charge on any atom is -0.492 e. The molecule has 21 heavy (non-hydrogen) atoms. The molecule has 0 aliphatic rings. The Balaban J connectivity index is 1.95. The van der Waals surface area contributed by atoms with Crippen molar-refractivity contribution in [3.8, 4) is 5.75 Å². The normalized spacial score (nSPS) is 12.3. The molecule has 0 amide bonds. The van der Waals surface area contributed by atoms with Crippen LogP contribution >= 0.6 is 11.6 Å². The Hall–Kier alpha value is -1.59. The van der Waals surface area contributed by atoms with Gasteiger partial charge in [-0.15, -0.1) is 0 Å². The van der Waals surface area contributed by atoms with E-state index in [2.05, 4.69) is 29.2 Å². The van der Waals surface area contributed by atoms with Crippen LogP contribution in [0.2, 0.25) is 5.02 Å². The lowest BCUT2D eigenvalue weighted by Crippen LogP contribution is -2.37. The molecule has 1 atom stereocenters. The fourth-order valence-electron chi connectivity index (χ4n) is 2.16. The van der Waals surface area contributed by atoms with Crippen LogP contribution in [-0.2, 0) is 13.0 Å². The molecule has 0 aliphatic heterocycles. The molecule has 114 valence electrons. The number of ether oxygens (including phenoxy) is 1. The molecule has 2 aromatic rings. The molecule has 0 radical (unpaired) electrons. The van der Waals surface area contributed by atoms with Crippen LogP contribution in [0.25, 0.3) is 0 Å². The Kier molecular flexibility index (Phi) is 6.02. The molecule has 0 spiro atoms. The smallest absolute Gasteiger partial charge is 0.138 e. The molecule has 5 nitrogen and oxygen atoms in total. The fourth-order valence-corrected chi connectivity index (χ4v) is 2.34. The standard InChI is InChI=1S/C15H21ClN4O/c1-3-17-13(9-15-18-11-19-20(15)4-2)10-21-14-7-5-6-12(16)8-14/h5-8,11,13,17H,3-4,9-10H2,1-2H3. The summed E-state index contributed by atoms with van der Waals surface area (Å²) in [5, 5.41) is 8.29. The van der Waals surface area contributed by atoms with Crippen LogP contribution in [0.4, 0.5) is 0 Å². The van der Waals surface area contributed by atoms with E-state index in [9.17, 15) is 0 Å². The Bertz CT molecular complexity index is 558. The first-order valence-corrected chi connectivity index (χ1v) is 7.59. The molecule has 1 aromatic heterocycles. The van der Waals surface area contributed by atoms with Gasteiger partial charge in [0, 0.05) is 24.0 Å². The highest BCUT2D eigenvalue weighted by Gasteiger charge is 2.13. The van der Waals surface area contributed by atoms with Gasteiger partial charge in [-0.3, -0.25) is 4.68 Å². The molecule has 1 heterocycles. The first-order chi connectivity index (χ1) is 10.2. The van der Waals surface area contributed by atoms with Crippen molar-refractivity contribution in [1.29, 1.82) is 0 Å². The number of halogens is 1. The Morgan fingerprint density at radius 1 is 1.38 bits per heavy atom. The van der Waals surface area contributed by atoms with Crippen molar-refractivity contribution >= 4 is 11.6 Å². The highest BCUT2D eigenvalue weighted by Crippen LogP contribution is 2.17. The zero-order chi connectivity index (χ0) is 15.1. The number of aryl methyl sites for hydroxylation is 1. The molecule has 0 bridgehead atoms. The monoisotopic (exact) mass is 308 g/mol. The number of rotatable bonds is 8. The summed E-state index contributed by atoms with van der Waals surface area (Å²) in [6.07, 6.45) is 2.38. The fraction of sp³-hybridized carbons (Fsp3) is 0.467. The van der Waals surface area contributed by atoms with Gasteiger partial charge in [-0.05, 0) is 31.7 Å². The second-order valence-corrected chi connectivity index (χ2v) is 5.16. The summed E-state index contributed by atoms with van der Waals surface area (Å²) < 4.78 is 7.73. The van der Waals surface area contributed by atoms with Crippen LogP contribution in [0.3, 0.4) is 0 Å². The van der Waals surface area contributed by atoms with Gasteiger partial charge < -0.3 is 10.1 Å². The van der Waals surface area contributed by atoms with Crippen molar-refractivity contribution in [1.82, 2.24) is 20.1 Å². The van der Waals surface area contributed by atoms with Crippen LogP contribution in [0.1, 0.15) is 19.7 Å². The van der Waals surface area contributed by atoms with Gasteiger partial charge in [-0.2, -0.15) is 5.10 Å². The van der Waals surface area contributed by atoms with E-state index in [-0.39, 0.29) is 6.04 Å². The molecule has 0 aliphatic carbocycles. The minimum atomic E-state index is 0.184. The lowest BCUT2D eigenvalue weighted by atomic mass is 10.2. The molecule has 0 saturated carbocycles. The number of nitrogens with one attached hydrogen (secondary N) is 1. The van der Waals surface area contributed by atoms with Crippen molar-refractivity contribution in [2.75, 3.05) is 13.2 Å². The molecule has 0 saturated heterocycles. The Morgan fingerprint density at radius 3 is 2.95 bits per heavy atom. The first kappa shape index (κ1) is 15.8. The van der Waals surface area contributed by atoms with Gasteiger partial charge in [-0.25, -0.2) is 4.98 Å². The van der Waals surface area contributed by atoms with E-state index in [1.54, 1.807) is 6.33 Å². The molecule has 1 unspecified atom stereocenters. The van der Waals surface area contributed by atoms with Crippen molar-refractivity contribution < 1.29 is 4.74 Å². The van der Waals surface area contributed by atoms with E-state index in [0.717, 1.165) is 31.1 Å². The van der Waals surface area contributed by atoms with E-state index in [1.807, 2.05) is 28.9 Å². The van der Waals surface area contributed by atoms with Gasteiger partial charge in [0.25, 0.3) is 0 Å².